The van der Waals surface area contributed by atoms with E-state index >= 15 is 0 Å². The molecular weight excluding hydrogens is 274 g/mol. The standard InChI is InChI=1S/C9H6BrN5O/c10-7-1-2-13-15-9(7)6(4-14-15)8(3-11)12-5-16/h1-2,4-5,8H,(H,12,16). The normalized spacial score (nSPS) is 12.0. The molecule has 1 unspecified atom stereocenters. The van der Waals surface area contributed by atoms with Crippen LogP contribution in [0.4, 0.5) is 0 Å². The number of carbonyl (C=O) groups is 1. The van der Waals surface area contributed by atoms with Crippen molar-refractivity contribution in [2.75, 3.05) is 0 Å². The number of nitriles is 1. The maximum absolute atomic E-state index is 10.4. The van der Waals surface area contributed by atoms with Gasteiger partial charge in [-0.1, -0.05) is 0 Å². The number of aromatic nitrogens is 3. The lowest BCUT2D eigenvalue weighted by Crippen LogP contribution is -2.17. The van der Waals surface area contributed by atoms with E-state index in [4.69, 9.17) is 5.26 Å². The lowest BCUT2D eigenvalue weighted by atomic mass is 10.1. The number of fused-ring (bicyclic) bond motifs is 1. The maximum Gasteiger partial charge on any atom is 0.208 e. The minimum absolute atomic E-state index is 0.488. The molecule has 1 amide bonds. The highest BCUT2D eigenvalue weighted by molar-refractivity contribution is 9.10. The number of halogens is 1. The molecule has 0 aliphatic rings. The SMILES string of the molecule is N#CC(NC=O)c1cnn2nccc(Br)c12. The molecule has 2 heterocycles. The number of hydrogen-bond donors (Lipinski definition) is 1. The third kappa shape index (κ3) is 1.63. The van der Waals surface area contributed by atoms with Crippen molar-refractivity contribution in [1.29, 1.82) is 5.26 Å². The minimum atomic E-state index is -0.726. The molecule has 0 bridgehead atoms. The largest absolute Gasteiger partial charge is 0.339 e. The van der Waals surface area contributed by atoms with Gasteiger partial charge >= 0.3 is 0 Å². The average Bonchev–Trinajstić information content (AvgIpc) is 2.71. The topological polar surface area (TPSA) is 83.1 Å². The van der Waals surface area contributed by atoms with Crippen molar-refractivity contribution in [3.8, 4) is 6.07 Å². The summed E-state index contributed by atoms with van der Waals surface area (Å²) in [5.74, 6) is 0. The predicted octanol–water partition coefficient (Wildman–Crippen LogP) is 0.802. The van der Waals surface area contributed by atoms with Gasteiger partial charge in [0, 0.05) is 10.0 Å². The van der Waals surface area contributed by atoms with Crippen molar-refractivity contribution < 1.29 is 4.79 Å². The number of nitrogens with one attached hydrogen (secondary N) is 1. The molecule has 16 heavy (non-hydrogen) atoms. The highest BCUT2D eigenvalue weighted by Gasteiger charge is 2.17. The molecule has 0 radical (unpaired) electrons. The first-order valence-corrected chi connectivity index (χ1v) is 5.15. The van der Waals surface area contributed by atoms with E-state index < -0.39 is 6.04 Å². The molecule has 0 aromatic carbocycles. The highest BCUT2D eigenvalue weighted by Crippen LogP contribution is 2.24. The first-order chi connectivity index (χ1) is 7.77. The van der Waals surface area contributed by atoms with Crippen LogP contribution in [0.3, 0.4) is 0 Å². The Hall–Kier alpha value is -1.94. The summed E-state index contributed by atoms with van der Waals surface area (Å²) in [5.41, 5.74) is 1.28. The van der Waals surface area contributed by atoms with Crippen LogP contribution in [0.25, 0.3) is 5.52 Å². The number of rotatable bonds is 3. The Morgan fingerprint density at radius 2 is 2.44 bits per heavy atom. The number of nitrogens with zero attached hydrogens (tertiary/aromatic N) is 4. The predicted molar refractivity (Wildman–Crippen MR) is 58.2 cm³/mol. The van der Waals surface area contributed by atoms with Crippen molar-refractivity contribution in [3.63, 3.8) is 0 Å². The van der Waals surface area contributed by atoms with Crippen LogP contribution in [0.5, 0.6) is 0 Å². The van der Waals surface area contributed by atoms with Crippen molar-refractivity contribution in [1.82, 2.24) is 20.1 Å². The van der Waals surface area contributed by atoms with Gasteiger partial charge in [-0.05, 0) is 22.0 Å². The fraction of sp³-hybridized carbons (Fsp3) is 0.111. The van der Waals surface area contributed by atoms with Gasteiger partial charge in [-0.2, -0.15) is 20.1 Å². The summed E-state index contributed by atoms with van der Waals surface area (Å²) in [5, 5.41) is 19.3. The fourth-order valence-corrected chi connectivity index (χ4v) is 1.89. The Labute approximate surface area is 99.0 Å². The minimum Gasteiger partial charge on any atom is -0.339 e. The van der Waals surface area contributed by atoms with Crippen LogP contribution in [0.2, 0.25) is 0 Å². The monoisotopic (exact) mass is 279 g/mol. The summed E-state index contributed by atoms with van der Waals surface area (Å²) in [6.45, 7) is 0. The molecule has 1 atom stereocenters. The second kappa shape index (κ2) is 4.28. The lowest BCUT2D eigenvalue weighted by molar-refractivity contribution is -0.109. The van der Waals surface area contributed by atoms with Crippen LogP contribution in [0, 0.1) is 11.3 Å². The fourth-order valence-electron chi connectivity index (χ4n) is 1.39. The summed E-state index contributed by atoms with van der Waals surface area (Å²) < 4.78 is 2.17. The van der Waals surface area contributed by atoms with Crippen molar-refractivity contribution >= 4 is 27.9 Å². The quantitative estimate of drug-likeness (QED) is 0.843. The van der Waals surface area contributed by atoms with Gasteiger partial charge in [0.1, 0.15) is 11.6 Å². The third-order valence-electron chi connectivity index (χ3n) is 2.08. The number of hydrogen-bond acceptors (Lipinski definition) is 4. The van der Waals surface area contributed by atoms with E-state index in [-0.39, 0.29) is 0 Å². The molecule has 0 saturated carbocycles. The van der Waals surface area contributed by atoms with E-state index in [0.29, 0.717) is 17.5 Å². The van der Waals surface area contributed by atoms with Crippen LogP contribution < -0.4 is 5.32 Å². The first kappa shape index (κ1) is 10.6. The Morgan fingerprint density at radius 1 is 1.62 bits per heavy atom. The van der Waals surface area contributed by atoms with Crippen molar-refractivity contribution in [3.05, 3.63) is 28.5 Å². The molecule has 1 N–H and O–H groups in total. The molecule has 0 aliphatic carbocycles. The summed E-state index contributed by atoms with van der Waals surface area (Å²) in [6.07, 6.45) is 3.58. The summed E-state index contributed by atoms with van der Waals surface area (Å²) >= 11 is 3.35. The molecule has 2 aromatic heterocycles. The number of amides is 1. The molecule has 7 heteroatoms. The first-order valence-electron chi connectivity index (χ1n) is 4.35. The zero-order chi connectivity index (χ0) is 11.5. The zero-order valence-corrected chi connectivity index (χ0v) is 9.55. The molecule has 0 fully saturated rings. The zero-order valence-electron chi connectivity index (χ0n) is 7.96. The van der Waals surface area contributed by atoms with Crippen LogP contribution in [-0.2, 0) is 4.79 Å². The van der Waals surface area contributed by atoms with Gasteiger partial charge in [0.05, 0.1) is 18.5 Å². The molecule has 2 rings (SSSR count). The van der Waals surface area contributed by atoms with Crippen LogP contribution in [0.1, 0.15) is 11.6 Å². The average molecular weight is 280 g/mol. The molecule has 2 aromatic rings. The van der Waals surface area contributed by atoms with Gasteiger partial charge in [-0.15, -0.1) is 0 Å². The van der Waals surface area contributed by atoms with E-state index in [1.54, 1.807) is 12.3 Å². The van der Waals surface area contributed by atoms with Gasteiger partial charge < -0.3 is 5.32 Å². The summed E-state index contributed by atoms with van der Waals surface area (Å²) in [4.78, 5) is 10.4. The van der Waals surface area contributed by atoms with Gasteiger partial charge in [-0.3, -0.25) is 4.79 Å². The second-order valence-electron chi connectivity index (χ2n) is 2.96. The van der Waals surface area contributed by atoms with E-state index in [2.05, 4.69) is 31.4 Å². The maximum atomic E-state index is 10.4. The van der Waals surface area contributed by atoms with Crippen molar-refractivity contribution in [2.24, 2.45) is 0 Å². The van der Waals surface area contributed by atoms with Gasteiger partial charge in [-0.25, -0.2) is 0 Å². The number of carbonyl (C=O) groups excluding carboxylic acids is 1. The molecule has 80 valence electrons. The summed E-state index contributed by atoms with van der Waals surface area (Å²) in [6, 6.07) is 3.00. The van der Waals surface area contributed by atoms with E-state index in [1.165, 1.54) is 10.8 Å². The van der Waals surface area contributed by atoms with Gasteiger partial charge in [0.25, 0.3) is 0 Å². The lowest BCUT2D eigenvalue weighted by Gasteiger charge is -2.05. The molecular formula is C9H6BrN5O. The Bertz CT molecular complexity index is 573. The Kier molecular flexibility index (Phi) is 2.83. The Morgan fingerprint density at radius 3 is 3.12 bits per heavy atom. The third-order valence-corrected chi connectivity index (χ3v) is 2.72. The van der Waals surface area contributed by atoms with Crippen molar-refractivity contribution in [2.45, 2.75) is 6.04 Å². The van der Waals surface area contributed by atoms with Gasteiger partial charge in [0.2, 0.25) is 6.41 Å². The smallest absolute Gasteiger partial charge is 0.208 e. The molecule has 6 nitrogen and oxygen atoms in total. The van der Waals surface area contributed by atoms with E-state index in [1.807, 2.05) is 6.07 Å². The van der Waals surface area contributed by atoms with E-state index in [9.17, 15) is 4.79 Å². The Balaban J connectivity index is 2.61. The summed E-state index contributed by atoms with van der Waals surface area (Å²) in [7, 11) is 0. The van der Waals surface area contributed by atoms with Crippen LogP contribution in [-0.4, -0.2) is 21.2 Å². The highest BCUT2D eigenvalue weighted by atomic mass is 79.9. The second-order valence-corrected chi connectivity index (χ2v) is 3.82. The van der Waals surface area contributed by atoms with Gasteiger partial charge in [0.15, 0.2) is 0 Å². The molecule has 0 aliphatic heterocycles. The van der Waals surface area contributed by atoms with Crippen LogP contribution >= 0.6 is 15.9 Å². The van der Waals surface area contributed by atoms with E-state index in [0.717, 1.165) is 4.47 Å². The molecule has 0 spiro atoms. The molecule has 0 saturated heterocycles. The van der Waals surface area contributed by atoms with Crippen LogP contribution in [0.15, 0.2) is 22.9 Å².